The molecule has 2 bridgehead atoms. The van der Waals surface area contributed by atoms with E-state index in [9.17, 15) is 18.0 Å². The number of fused-ring (bicyclic) bond motifs is 3. The minimum atomic E-state index is -4.47. The number of hydrogen-bond acceptors (Lipinski definition) is 4. The number of morpholine rings is 1. The largest absolute Gasteiger partial charge is 0.408 e. The lowest BCUT2D eigenvalue weighted by Gasteiger charge is -2.46. The number of nitrogens with zero attached hydrogens (tertiary/aromatic N) is 3. The summed E-state index contributed by atoms with van der Waals surface area (Å²) in [7, 11) is 0. The predicted molar refractivity (Wildman–Crippen MR) is 92.4 cm³/mol. The molecule has 0 saturated carbocycles. The zero-order valence-electron chi connectivity index (χ0n) is 17.4. The molecule has 3 atom stereocenters. The van der Waals surface area contributed by atoms with Gasteiger partial charge >= 0.3 is 6.18 Å². The smallest absolute Gasteiger partial charge is 0.378 e. The van der Waals surface area contributed by atoms with Crippen molar-refractivity contribution < 1.29 is 26.8 Å². The van der Waals surface area contributed by atoms with Gasteiger partial charge in [0.25, 0.3) is 5.91 Å². The summed E-state index contributed by atoms with van der Waals surface area (Å²) in [6.45, 7) is -3.03. The van der Waals surface area contributed by atoms with E-state index in [-0.39, 0.29) is 42.5 Å². The van der Waals surface area contributed by atoms with Gasteiger partial charge in [0, 0.05) is 27.6 Å². The number of ether oxygens (including phenoxy) is 1. The molecule has 1 aromatic carbocycles. The van der Waals surface area contributed by atoms with Crippen molar-refractivity contribution in [2.45, 2.75) is 43.7 Å². The summed E-state index contributed by atoms with van der Waals surface area (Å²) in [5, 5.41) is 7.10. The molecule has 9 heteroatoms. The Morgan fingerprint density at radius 3 is 2.70 bits per heavy atom. The van der Waals surface area contributed by atoms with Crippen molar-refractivity contribution in [3.05, 3.63) is 30.0 Å². The van der Waals surface area contributed by atoms with Crippen LogP contribution in [0.1, 0.15) is 27.4 Å². The van der Waals surface area contributed by atoms with E-state index in [0.29, 0.717) is 18.2 Å². The average molecular weight is 385 g/mol. The molecule has 2 aromatic rings. The molecule has 6 nitrogen and oxygen atoms in total. The third-order valence-electron chi connectivity index (χ3n) is 5.06. The van der Waals surface area contributed by atoms with E-state index in [0.717, 1.165) is 4.68 Å². The molecule has 2 fully saturated rings. The molecular weight excluding hydrogens is 361 g/mol. The standard InChI is InChI=1S/C18H21F3N4O2/c1-24-12-6-11(7-13(24)9-27-8-12)22-17(26)16-14-4-2-3-5-15(14)25(23-16)10-18(19,20)21/h2-5,11-13H,6-10H2,1H3,(H,22,26)/t11?,12-,13+/i1D3. The van der Waals surface area contributed by atoms with E-state index in [2.05, 4.69) is 10.4 Å². The number of nitrogens with one attached hydrogen (secondary N) is 1. The van der Waals surface area contributed by atoms with Crippen molar-refractivity contribution in [3.8, 4) is 0 Å². The first-order valence-electron chi connectivity index (χ1n) is 10.2. The number of carbonyl (C=O) groups excluding carboxylic acids is 1. The van der Waals surface area contributed by atoms with Crippen molar-refractivity contribution in [1.29, 1.82) is 0 Å². The summed E-state index contributed by atoms with van der Waals surface area (Å²) < 4.78 is 68.2. The molecule has 0 spiro atoms. The third kappa shape index (κ3) is 3.66. The van der Waals surface area contributed by atoms with E-state index in [4.69, 9.17) is 8.85 Å². The van der Waals surface area contributed by atoms with Crippen LogP contribution in [-0.4, -0.2) is 65.1 Å². The first-order chi connectivity index (χ1) is 14.0. The predicted octanol–water partition coefficient (Wildman–Crippen LogP) is 2.19. The molecule has 4 rings (SSSR count). The monoisotopic (exact) mass is 385 g/mol. The second-order valence-electron chi connectivity index (χ2n) is 7.03. The molecule has 2 aliphatic heterocycles. The summed E-state index contributed by atoms with van der Waals surface area (Å²) >= 11 is 0. The van der Waals surface area contributed by atoms with Crippen LogP contribution in [0, 0.1) is 0 Å². The van der Waals surface area contributed by atoms with E-state index in [1.165, 1.54) is 11.0 Å². The molecule has 27 heavy (non-hydrogen) atoms. The number of aromatic nitrogens is 2. The zero-order chi connectivity index (χ0) is 21.7. The number of halogens is 3. The second kappa shape index (κ2) is 6.79. The van der Waals surface area contributed by atoms with Crippen LogP contribution in [0.5, 0.6) is 0 Å². The van der Waals surface area contributed by atoms with Crippen molar-refractivity contribution in [1.82, 2.24) is 20.0 Å². The Morgan fingerprint density at radius 2 is 2.04 bits per heavy atom. The lowest BCUT2D eigenvalue weighted by molar-refractivity contribution is -0.141. The summed E-state index contributed by atoms with van der Waals surface area (Å²) in [6, 6.07) is 5.22. The van der Waals surface area contributed by atoms with Crippen LogP contribution in [0.2, 0.25) is 0 Å². The number of piperidine rings is 1. The maximum atomic E-state index is 12.9. The second-order valence-corrected chi connectivity index (χ2v) is 7.03. The van der Waals surface area contributed by atoms with Crippen molar-refractivity contribution in [2.24, 2.45) is 0 Å². The van der Waals surface area contributed by atoms with Gasteiger partial charge in [-0.15, -0.1) is 0 Å². The minimum Gasteiger partial charge on any atom is -0.378 e. The highest BCUT2D eigenvalue weighted by molar-refractivity contribution is 6.05. The molecule has 1 amide bonds. The molecule has 1 aromatic heterocycles. The molecule has 2 saturated heterocycles. The highest BCUT2D eigenvalue weighted by Crippen LogP contribution is 2.27. The Kier molecular flexibility index (Phi) is 3.74. The topological polar surface area (TPSA) is 59.4 Å². The van der Waals surface area contributed by atoms with Crippen LogP contribution >= 0.6 is 0 Å². The van der Waals surface area contributed by atoms with E-state index >= 15 is 0 Å². The van der Waals surface area contributed by atoms with Gasteiger partial charge < -0.3 is 10.1 Å². The number of benzene rings is 1. The molecule has 0 radical (unpaired) electrons. The molecule has 1 N–H and O–H groups in total. The summed E-state index contributed by atoms with van der Waals surface area (Å²) in [6.07, 6.45) is -3.72. The van der Waals surface area contributed by atoms with Crippen LogP contribution in [0.15, 0.2) is 24.3 Å². The van der Waals surface area contributed by atoms with E-state index in [1.54, 1.807) is 18.2 Å². The van der Waals surface area contributed by atoms with Crippen LogP contribution in [0.4, 0.5) is 13.2 Å². The SMILES string of the molecule is [2H]C([2H])([2H])N1[C@@H]2COC[C@H]1CC(NC(=O)c1nn(CC(F)(F)F)c3ccccc13)C2. The number of likely N-dealkylation sites (N-methyl/N-ethyl adjacent to an activating group) is 1. The summed E-state index contributed by atoms with van der Waals surface area (Å²) in [5.74, 6) is -0.571. The van der Waals surface area contributed by atoms with Gasteiger partial charge in [0.1, 0.15) is 6.54 Å². The fourth-order valence-electron chi connectivity index (χ4n) is 3.87. The third-order valence-corrected chi connectivity index (χ3v) is 5.06. The summed E-state index contributed by atoms with van der Waals surface area (Å²) in [5.41, 5.74) is 0.150. The Hall–Kier alpha value is -2.13. The van der Waals surface area contributed by atoms with Crippen molar-refractivity contribution in [3.63, 3.8) is 0 Å². The maximum Gasteiger partial charge on any atom is 0.408 e. The first kappa shape index (κ1) is 14.9. The number of amides is 1. The lowest BCUT2D eigenvalue weighted by atomic mass is 9.90. The first-order valence-corrected chi connectivity index (χ1v) is 8.72. The number of alkyl halides is 3. The van der Waals surface area contributed by atoms with E-state index < -0.39 is 25.6 Å². The maximum absolute atomic E-state index is 12.9. The van der Waals surface area contributed by atoms with Crippen LogP contribution in [0.25, 0.3) is 10.9 Å². The highest BCUT2D eigenvalue weighted by Gasteiger charge is 2.38. The van der Waals surface area contributed by atoms with E-state index in [1.807, 2.05) is 0 Å². The van der Waals surface area contributed by atoms with Crippen LogP contribution in [-0.2, 0) is 11.3 Å². The van der Waals surface area contributed by atoms with Gasteiger partial charge in [-0.3, -0.25) is 14.4 Å². The fourth-order valence-corrected chi connectivity index (χ4v) is 3.87. The molecule has 0 aliphatic carbocycles. The number of carbonyl (C=O) groups is 1. The van der Waals surface area contributed by atoms with Gasteiger partial charge in [-0.2, -0.15) is 18.3 Å². The van der Waals surface area contributed by atoms with Crippen LogP contribution < -0.4 is 5.32 Å². The number of para-hydroxylation sites is 1. The average Bonchev–Trinajstić information content (AvgIpc) is 2.97. The summed E-state index contributed by atoms with van der Waals surface area (Å²) in [4.78, 5) is 14.3. The lowest BCUT2D eigenvalue weighted by Crippen LogP contribution is -2.59. The van der Waals surface area contributed by atoms with Gasteiger partial charge in [0.05, 0.1) is 18.7 Å². The van der Waals surface area contributed by atoms with Gasteiger partial charge in [-0.25, -0.2) is 0 Å². The molecular formula is C18H21F3N4O2. The Morgan fingerprint density at radius 1 is 1.33 bits per heavy atom. The Balaban J connectivity index is 1.55. The van der Waals surface area contributed by atoms with Gasteiger partial charge in [-0.1, -0.05) is 18.2 Å². The molecule has 1 unspecified atom stereocenters. The Labute approximate surface area is 158 Å². The minimum absolute atomic E-state index is 0.0745. The fraction of sp³-hybridized carbons (Fsp3) is 0.556. The molecule has 3 heterocycles. The van der Waals surface area contributed by atoms with Crippen molar-refractivity contribution in [2.75, 3.05) is 20.2 Å². The number of hydrogen-bond donors (Lipinski definition) is 1. The molecule has 146 valence electrons. The zero-order valence-corrected chi connectivity index (χ0v) is 14.4. The van der Waals surface area contributed by atoms with Gasteiger partial charge in [0.2, 0.25) is 0 Å². The van der Waals surface area contributed by atoms with Crippen LogP contribution in [0.3, 0.4) is 0 Å². The Bertz CT molecular complexity index is 933. The highest BCUT2D eigenvalue weighted by atomic mass is 19.4. The van der Waals surface area contributed by atoms with Gasteiger partial charge in [-0.05, 0) is 25.9 Å². The molecule has 2 aliphatic rings. The quantitative estimate of drug-likeness (QED) is 0.880. The van der Waals surface area contributed by atoms with Gasteiger partial charge in [0.15, 0.2) is 5.69 Å². The normalized spacial score (nSPS) is 28.4. The van der Waals surface area contributed by atoms with Crippen molar-refractivity contribution >= 4 is 16.8 Å². The number of rotatable bonds is 3.